The number of amides is 1. The van der Waals surface area contributed by atoms with E-state index in [0.717, 1.165) is 12.8 Å². The Morgan fingerprint density at radius 2 is 2.37 bits per heavy atom. The van der Waals surface area contributed by atoms with E-state index < -0.39 is 5.97 Å². The van der Waals surface area contributed by atoms with Crippen molar-refractivity contribution in [2.75, 3.05) is 13.1 Å². The van der Waals surface area contributed by atoms with Crippen LogP contribution in [0.3, 0.4) is 0 Å². The molecule has 1 aliphatic rings. The number of carbonyl (C=O) groups excluding carboxylic acids is 1. The smallest absolute Gasteiger partial charge is 0.303 e. The lowest BCUT2D eigenvalue weighted by molar-refractivity contribution is -0.137. The van der Waals surface area contributed by atoms with Crippen molar-refractivity contribution >= 4 is 11.9 Å². The molecule has 0 bridgehead atoms. The van der Waals surface area contributed by atoms with E-state index in [1.807, 2.05) is 0 Å². The van der Waals surface area contributed by atoms with Crippen LogP contribution in [-0.4, -0.2) is 40.0 Å². The van der Waals surface area contributed by atoms with Crippen LogP contribution in [0.15, 0.2) is 10.8 Å². The fourth-order valence-electron chi connectivity index (χ4n) is 2.46. The topological polar surface area (TPSA) is 83.6 Å². The van der Waals surface area contributed by atoms with E-state index in [1.54, 1.807) is 11.8 Å². The van der Waals surface area contributed by atoms with Crippen molar-refractivity contribution in [2.45, 2.75) is 32.6 Å². The monoisotopic (exact) mass is 266 g/mol. The molecule has 0 radical (unpaired) electrons. The summed E-state index contributed by atoms with van der Waals surface area (Å²) in [7, 11) is 0. The van der Waals surface area contributed by atoms with E-state index in [9.17, 15) is 9.59 Å². The van der Waals surface area contributed by atoms with Crippen LogP contribution in [0.5, 0.6) is 0 Å². The summed E-state index contributed by atoms with van der Waals surface area (Å²) in [6.45, 7) is 3.04. The van der Waals surface area contributed by atoms with Gasteiger partial charge in [0.25, 0.3) is 5.91 Å². The lowest BCUT2D eigenvalue weighted by Crippen LogP contribution is -2.40. The summed E-state index contributed by atoms with van der Waals surface area (Å²) >= 11 is 0. The van der Waals surface area contributed by atoms with Crippen LogP contribution in [0.2, 0.25) is 0 Å². The van der Waals surface area contributed by atoms with Gasteiger partial charge in [-0.1, -0.05) is 0 Å². The maximum atomic E-state index is 12.2. The number of carboxylic acids is 1. The number of likely N-dealkylation sites (tertiary alicyclic amines) is 1. The van der Waals surface area contributed by atoms with Crippen LogP contribution in [0.25, 0.3) is 0 Å². The summed E-state index contributed by atoms with van der Waals surface area (Å²) in [5.74, 6) is -0.375. The molecular weight excluding hydrogens is 248 g/mol. The molecule has 6 heteroatoms. The molecule has 0 spiro atoms. The average Bonchev–Trinajstić information content (AvgIpc) is 2.82. The normalized spacial score (nSPS) is 19.4. The van der Waals surface area contributed by atoms with Crippen molar-refractivity contribution < 1.29 is 19.1 Å². The Kier molecular flexibility index (Phi) is 4.19. The van der Waals surface area contributed by atoms with Crippen LogP contribution >= 0.6 is 0 Å². The van der Waals surface area contributed by atoms with Crippen molar-refractivity contribution in [1.82, 2.24) is 9.88 Å². The average molecular weight is 266 g/mol. The predicted octanol–water partition coefficient (Wildman–Crippen LogP) is 1.70. The van der Waals surface area contributed by atoms with E-state index in [1.165, 1.54) is 6.39 Å². The summed E-state index contributed by atoms with van der Waals surface area (Å²) in [6, 6.07) is 0. The number of aromatic nitrogens is 1. The van der Waals surface area contributed by atoms with Crippen LogP contribution < -0.4 is 0 Å². The molecule has 19 heavy (non-hydrogen) atoms. The van der Waals surface area contributed by atoms with Gasteiger partial charge in [-0.25, -0.2) is 4.98 Å². The van der Waals surface area contributed by atoms with Gasteiger partial charge in [0.15, 0.2) is 6.39 Å². The molecule has 0 aromatic carbocycles. The first kappa shape index (κ1) is 13.6. The Balaban J connectivity index is 1.95. The van der Waals surface area contributed by atoms with Gasteiger partial charge < -0.3 is 14.4 Å². The van der Waals surface area contributed by atoms with Gasteiger partial charge in [-0.05, 0) is 32.1 Å². The zero-order valence-corrected chi connectivity index (χ0v) is 11.0. The van der Waals surface area contributed by atoms with Crippen LogP contribution in [-0.2, 0) is 4.79 Å². The highest BCUT2D eigenvalue weighted by Gasteiger charge is 2.27. The molecule has 6 nitrogen and oxygen atoms in total. The van der Waals surface area contributed by atoms with Crippen LogP contribution in [0.4, 0.5) is 0 Å². The van der Waals surface area contributed by atoms with Gasteiger partial charge in [-0.2, -0.15) is 0 Å². The van der Waals surface area contributed by atoms with E-state index >= 15 is 0 Å². The molecule has 1 unspecified atom stereocenters. The number of nitrogens with zero attached hydrogens (tertiary/aromatic N) is 2. The van der Waals surface area contributed by atoms with Gasteiger partial charge in [-0.15, -0.1) is 0 Å². The third-order valence-corrected chi connectivity index (χ3v) is 3.51. The Morgan fingerprint density at radius 3 is 3.00 bits per heavy atom. The molecule has 1 aliphatic heterocycles. The number of carbonyl (C=O) groups is 2. The highest BCUT2D eigenvalue weighted by molar-refractivity contribution is 5.92. The van der Waals surface area contributed by atoms with Crippen molar-refractivity contribution in [3.8, 4) is 0 Å². The van der Waals surface area contributed by atoms with Gasteiger partial charge >= 0.3 is 5.97 Å². The summed E-state index contributed by atoms with van der Waals surface area (Å²) < 4.78 is 5.12. The molecule has 1 atom stereocenters. The van der Waals surface area contributed by atoms with Gasteiger partial charge in [0, 0.05) is 19.5 Å². The molecule has 1 fully saturated rings. The molecule has 1 amide bonds. The second-order valence-corrected chi connectivity index (χ2v) is 4.96. The molecular formula is C13H18N2O4. The third-order valence-electron chi connectivity index (χ3n) is 3.51. The number of aliphatic carboxylic acids is 1. The minimum absolute atomic E-state index is 0.143. The number of carboxylic acid groups (broad SMARTS) is 1. The molecule has 1 aromatic rings. The molecule has 1 saturated heterocycles. The van der Waals surface area contributed by atoms with E-state index in [2.05, 4.69) is 4.98 Å². The fraction of sp³-hybridized carbons (Fsp3) is 0.615. The van der Waals surface area contributed by atoms with Crippen molar-refractivity contribution in [3.63, 3.8) is 0 Å². The molecule has 2 rings (SSSR count). The SMILES string of the molecule is Cc1ncoc1C(=O)N1CCCC(CCC(=O)O)C1. The second-order valence-electron chi connectivity index (χ2n) is 4.96. The number of aryl methyl sites for hydroxylation is 1. The van der Waals surface area contributed by atoms with Crippen molar-refractivity contribution in [3.05, 3.63) is 17.8 Å². The second kappa shape index (κ2) is 5.86. The van der Waals surface area contributed by atoms with E-state index in [4.69, 9.17) is 9.52 Å². The fourth-order valence-corrected chi connectivity index (χ4v) is 2.46. The quantitative estimate of drug-likeness (QED) is 0.896. The minimum Gasteiger partial charge on any atom is -0.481 e. The van der Waals surface area contributed by atoms with Gasteiger partial charge in [0.1, 0.15) is 0 Å². The largest absolute Gasteiger partial charge is 0.481 e. The predicted molar refractivity (Wildman–Crippen MR) is 66.7 cm³/mol. The molecule has 1 aromatic heterocycles. The van der Waals surface area contributed by atoms with Crippen molar-refractivity contribution in [1.29, 1.82) is 0 Å². The molecule has 1 N–H and O–H groups in total. The summed E-state index contributed by atoms with van der Waals surface area (Å²) in [5, 5.41) is 8.70. The third kappa shape index (κ3) is 3.33. The molecule has 0 saturated carbocycles. The lowest BCUT2D eigenvalue weighted by Gasteiger charge is -2.32. The Morgan fingerprint density at radius 1 is 1.58 bits per heavy atom. The molecule has 0 aliphatic carbocycles. The number of oxazole rings is 1. The number of hydrogen-bond acceptors (Lipinski definition) is 4. The lowest BCUT2D eigenvalue weighted by atomic mass is 9.93. The zero-order valence-electron chi connectivity index (χ0n) is 11.0. The summed E-state index contributed by atoms with van der Waals surface area (Å²) in [6.07, 6.45) is 3.94. The molecule has 104 valence electrons. The van der Waals surface area contributed by atoms with Gasteiger partial charge in [0.05, 0.1) is 5.69 Å². The number of rotatable bonds is 4. The standard InChI is InChI=1S/C13H18N2O4/c1-9-12(19-8-14-9)13(18)15-6-2-3-10(7-15)4-5-11(16)17/h8,10H,2-7H2,1H3,(H,16,17). The number of piperidine rings is 1. The highest BCUT2D eigenvalue weighted by atomic mass is 16.4. The first-order chi connectivity index (χ1) is 9.08. The highest BCUT2D eigenvalue weighted by Crippen LogP contribution is 2.23. The first-order valence-electron chi connectivity index (χ1n) is 6.49. The zero-order chi connectivity index (χ0) is 13.8. The number of hydrogen-bond donors (Lipinski definition) is 1. The van der Waals surface area contributed by atoms with Gasteiger partial charge in [-0.3, -0.25) is 9.59 Å². The van der Waals surface area contributed by atoms with E-state index in [0.29, 0.717) is 31.0 Å². The Bertz CT molecular complexity index is 469. The Labute approximate surface area is 111 Å². The maximum absolute atomic E-state index is 12.2. The maximum Gasteiger partial charge on any atom is 0.303 e. The summed E-state index contributed by atoms with van der Waals surface area (Å²) in [5.41, 5.74) is 0.595. The van der Waals surface area contributed by atoms with Gasteiger partial charge in [0.2, 0.25) is 5.76 Å². The summed E-state index contributed by atoms with van der Waals surface area (Å²) in [4.78, 5) is 28.5. The molecule has 2 heterocycles. The minimum atomic E-state index is -0.783. The van der Waals surface area contributed by atoms with Crippen LogP contribution in [0.1, 0.15) is 41.9 Å². The Hall–Kier alpha value is -1.85. The van der Waals surface area contributed by atoms with Crippen molar-refractivity contribution in [2.24, 2.45) is 5.92 Å². The van der Waals surface area contributed by atoms with Crippen LogP contribution in [0, 0.1) is 12.8 Å². The first-order valence-corrected chi connectivity index (χ1v) is 6.49. The van der Waals surface area contributed by atoms with E-state index in [-0.39, 0.29) is 18.2 Å².